The largest absolute Gasteiger partial charge is 0.362 e. The number of hydrogen-bond acceptors (Lipinski definition) is 3. The Bertz CT molecular complexity index is 665. The lowest BCUT2D eigenvalue weighted by Gasteiger charge is -2.24. The summed E-state index contributed by atoms with van der Waals surface area (Å²) in [5.74, 6) is -1.02. The highest BCUT2D eigenvalue weighted by molar-refractivity contribution is 6.23. The van der Waals surface area contributed by atoms with Gasteiger partial charge in [0.1, 0.15) is 0 Å². The minimum Gasteiger partial charge on any atom is -0.362 e. The first-order valence-electron chi connectivity index (χ1n) is 6.83. The molecular formula is C16H15NO3. The van der Waals surface area contributed by atoms with Crippen molar-refractivity contribution in [3.05, 3.63) is 42.0 Å². The summed E-state index contributed by atoms with van der Waals surface area (Å²) in [6.45, 7) is 3.84. The Morgan fingerprint density at radius 2 is 2.05 bits per heavy atom. The molecule has 4 rings (SSSR count). The average Bonchev–Trinajstić information content (AvgIpc) is 2.99. The Labute approximate surface area is 117 Å². The summed E-state index contributed by atoms with van der Waals surface area (Å²) in [5.41, 5.74) is 1.07. The summed E-state index contributed by atoms with van der Waals surface area (Å²) >= 11 is 0. The lowest BCUT2D eigenvalue weighted by Crippen LogP contribution is -2.38. The van der Waals surface area contributed by atoms with Crippen LogP contribution >= 0.6 is 0 Å². The highest BCUT2D eigenvalue weighted by Crippen LogP contribution is 2.52. The van der Waals surface area contributed by atoms with Crippen molar-refractivity contribution in [1.29, 1.82) is 0 Å². The fourth-order valence-electron chi connectivity index (χ4n) is 3.67. The molecule has 2 fully saturated rings. The van der Waals surface area contributed by atoms with Crippen molar-refractivity contribution in [3.8, 4) is 0 Å². The molecule has 0 spiro atoms. The molecule has 0 unspecified atom stereocenters. The van der Waals surface area contributed by atoms with Crippen LogP contribution in [0, 0.1) is 18.8 Å². The van der Waals surface area contributed by atoms with Crippen molar-refractivity contribution >= 4 is 17.5 Å². The summed E-state index contributed by atoms with van der Waals surface area (Å²) < 4.78 is 5.80. The maximum absolute atomic E-state index is 12.7. The van der Waals surface area contributed by atoms with Gasteiger partial charge in [-0.1, -0.05) is 24.3 Å². The molecule has 2 amide bonds. The molecule has 2 saturated heterocycles. The van der Waals surface area contributed by atoms with Crippen molar-refractivity contribution in [1.82, 2.24) is 0 Å². The first-order chi connectivity index (χ1) is 9.51. The average molecular weight is 269 g/mol. The maximum Gasteiger partial charge on any atom is 0.241 e. The molecule has 4 atom stereocenters. The van der Waals surface area contributed by atoms with E-state index in [1.807, 2.05) is 50.3 Å². The van der Waals surface area contributed by atoms with Crippen LogP contribution in [0.15, 0.2) is 36.4 Å². The Hall–Kier alpha value is -1.94. The van der Waals surface area contributed by atoms with Crippen molar-refractivity contribution in [2.45, 2.75) is 25.6 Å². The summed E-state index contributed by atoms with van der Waals surface area (Å²) in [6, 6.07) is 7.49. The van der Waals surface area contributed by atoms with Gasteiger partial charge in [0.25, 0.3) is 0 Å². The molecule has 102 valence electrons. The number of hydrogen-bond donors (Lipinski definition) is 0. The predicted octanol–water partition coefficient (Wildman–Crippen LogP) is 1.83. The van der Waals surface area contributed by atoms with Gasteiger partial charge in [0.05, 0.1) is 29.2 Å². The Morgan fingerprint density at radius 1 is 1.25 bits per heavy atom. The number of ether oxygens (including phenoxy) is 1. The third-order valence-electron chi connectivity index (χ3n) is 4.59. The monoisotopic (exact) mass is 269 g/mol. The van der Waals surface area contributed by atoms with Crippen molar-refractivity contribution in [2.75, 3.05) is 4.90 Å². The van der Waals surface area contributed by atoms with Crippen LogP contribution in [-0.4, -0.2) is 23.5 Å². The summed E-state index contributed by atoms with van der Waals surface area (Å²) in [7, 11) is 0. The first kappa shape index (κ1) is 11.9. The van der Waals surface area contributed by atoms with Gasteiger partial charge in [0, 0.05) is 0 Å². The van der Waals surface area contributed by atoms with Crippen LogP contribution in [0.25, 0.3) is 0 Å². The number of carbonyl (C=O) groups is 2. The molecule has 0 aromatic heterocycles. The normalized spacial score (nSPS) is 37.9. The summed E-state index contributed by atoms with van der Waals surface area (Å²) in [5, 5.41) is 0. The number of nitrogens with zero attached hydrogens (tertiary/aromatic N) is 1. The standard InChI is InChI=1S/C16H15NO3/c1-9-4-3-5-10(8-9)17-14(18)12-11-6-7-16(2,20-11)13(12)15(17)19/h3-8,11-13H,1-2H3/t11-,12+,13-,16-/m0/s1. The van der Waals surface area contributed by atoms with Gasteiger partial charge in [-0.2, -0.15) is 0 Å². The van der Waals surface area contributed by atoms with E-state index in [-0.39, 0.29) is 29.8 Å². The lowest BCUT2D eigenvalue weighted by molar-refractivity contribution is -0.126. The fourth-order valence-corrected chi connectivity index (χ4v) is 3.67. The number of carbonyl (C=O) groups excluding carboxylic acids is 2. The molecule has 3 heterocycles. The topological polar surface area (TPSA) is 46.6 Å². The van der Waals surface area contributed by atoms with E-state index < -0.39 is 5.60 Å². The molecule has 1 aromatic carbocycles. The van der Waals surface area contributed by atoms with Gasteiger partial charge in [-0.15, -0.1) is 0 Å². The molecule has 4 nitrogen and oxygen atoms in total. The number of imide groups is 1. The molecule has 2 bridgehead atoms. The zero-order chi connectivity index (χ0) is 14.1. The number of benzene rings is 1. The molecule has 3 aliphatic rings. The van der Waals surface area contributed by atoms with Gasteiger partial charge < -0.3 is 4.74 Å². The molecule has 0 radical (unpaired) electrons. The SMILES string of the molecule is Cc1cccc(N2C(=O)[C@@H]3[C@@H]4C=C[C@](C)(O4)[C@@H]3C2=O)c1. The van der Waals surface area contributed by atoms with Gasteiger partial charge in [0.15, 0.2) is 0 Å². The van der Waals surface area contributed by atoms with Crippen LogP contribution < -0.4 is 4.90 Å². The second-order valence-electron chi connectivity index (χ2n) is 5.98. The predicted molar refractivity (Wildman–Crippen MR) is 73.1 cm³/mol. The Balaban J connectivity index is 1.79. The van der Waals surface area contributed by atoms with E-state index in [0.29, 0.717) is 5.69 Å². The van der Waals surface area contributed by atoms with Crippen LogP contribution in [0.5, 0.6) is 0 Å². The van der Waals surface area contributed by atoms with Crippen LogP contribution in [0.3, 0.4) is 0 Å². The van der Waals surface area contributed by atoms with E-state index in [2.05, 4.69) is 0 Å². The molecule has 0 N–H and O–H groups in total. The third kappa shape index (κ3) is 1.29. The fraction of sp³-hybridized carbons (Fsp3) is 0.375. The van der Waals surface area contributed by atoms with Crippen LogP contribution in [-0.2, 0) is 14.3 Å². The molecular weight excluding hydrogens is 254 g/mol. The van der Waals surface area contributed by atoms with Gasteiger partial charge in [0.2, 0.25) is 11.8 Å². The molecule has 4 heteroatoms. The third-order valence-corrected chi connectivity index (χ3v) is 4.59. The van der Waals surface area contributed by atoms with Crippen molar-refractivity contribution < 1.29 is 14.3 Å². The number of aryl methyl sites for hydroxylation is 1. The minimum absolute atomic E-state index is 0.135. The van der Waals surface area contributed by atoms with Crippen molar-refractivity contribution in [3.63, 3.8) is 0 Å². The van der Waals surface area contributed by atoms with Crippen molar-refractivity contribution in [2.24, 2.45) is 11.8 Å². The van der Waals surface area contributed by atoms with E-state index in [4.69, 9.17) is 4.74 Å². The Morgan fingerprint density at radius 3 is 2.75 bits per heavy atom. The van der Waals surface area contributed by atoms with Crippen LogP contribution in [0.1, 0.15) is 12.5 Å². The zero-order valence-electron chi connectivity index (χ0n) is 11.4. The number of anilines is 1. The van der Waals surface area contributed by atoms with Gasteiger partial charge in [-0.3, -0.25) is 9.59 Å². The van der Waals surface area contributed by atoms with Crippen LogP contribution in [0.2, 0.25) is 0 Å². The minimum atomic E-state index is -0.624. The number of rotatable bonds is 1. The van der Waals surface area contributed by atoms with E-state index in [0.717, 1.165) is 5.56 Å². The summed E-state index contributed by atoms with van der Waals surface area (Å²) in [6.07, 6.45) is 3.58. The second-order valence-corrected chi connectivity index (χ2v) is 5.98. The van der Waals surface area contributed by atoms with E-state index >= 15 is 0 Å². The molecule has 20 heavy (non-hydrogen) atoms. The smallest absolute Gasteiger partial charge is 0.241 e. The quantitative estimate of drug-likeness (QED) is 0.577. The lowest BCUT2D eigenvalue weighted by atomic mass is 9.78. The van der Waals surface area contributed by atoms with E-state index in [9.17, 15) is 9.59 Å². The molecule has 1 aromatic rings. The zero-order valence-corrected chi connectivity index (χ0v) is 11.4. The highest BCUT2D eigenvalue weighted by atomic mass is 16.5. The highest BCUT2D eigenvalue weighted by Gasteiger charge is 2.65. The number of fused-ring (bicyclic) bond motifs is 5. The van der Waals surface area contributed by atoms with Gasteiger partial charge in [-0.25, -0.2) is 4.90 Å². The van der Waals surface area contributed by atoms with E-state index in [1.54, 1.807) is 0 Å². The first-order valence-corrected chi connectivity index (χ1v) is 6.83. The molecule has 0 saturated carbocycles. The summed E-state index contributed by atoms with van der Waals surface area (Å²) in [4.78, 5) is 26.7. The molecule has 3 aliphatic heterocycles. The number of amides is 2. The van der Waals surface area contributed by atoms with Gasteiger partial charge >= 0.3 is 0 Å². The molecule has 0 aliphatic carbocycles. The van der Waals surface area contributed by atoms with Gasteiger partial charge in [-0.05, 0) is 31.5 Å². The Kier molecular flexibility index (Phi) is 2.12. The van der Waals surface area contributed by atoms with E-state index in [1.165, 1.54) is 4.90 Å². The van der Waals surface area contributed by atoms with Crippen LogP contribution in [0.4, 0.5) is 5.69 Å². The maximum atomic E-state index is 12.7. The second kappa shape index (κ2) is 3.58.